The Morgan fingerprint density at radius 1 is 1.08 bits per heavy atom. The fourth-order valence-electron chi connectivity index (χ4n) is 2.63. The van der Waals surface area contributed by atoms with Crippen LogP contribution in [0.25, 0.3) is 22.2 Å². The standard InChI is InChI=1S/C19H12N6O/c20-9-12-8-14(11-21-10-12)13-3-5-15(6-4-13)23-18-16-2-1-7-22-17(16)24-19(26)25-18/h1-8,10-11H,(H2,22,23,24,25,26). The smallest absolute Gasteiger partial charge is 0.341 e. The van der Waals surface area contributed by atoms with Gasteiger partial charge in [-0.15, -0.1) is 0 Å². The van der Waals surface area contributed by atoms with Crippen LogP contribution in [0.4, 0.5) is 11.5 Å². The Kier molecular flexibility index (Phi) is 3.84. The number of nitriles is 1. The minimum atomic E-state index is -0.463. The van der Waals surface area contributed by atoms with Crippen LogP contribution < -0.4 is 11.0 Å². The van der Waals surface area contributed by atoms with Crippen molar-refractivity contribution in [3.8, 4) is 17.2 Å². The number of anilines is 2. The van der Waals surface area contributed by atoms with Crippen molar-refractivity contribution in [2.75, 3.05) is 5.32 Å². The topological polar surface area (TPSA) is 107 Å². The molecule has 0 unspecified atom stereocenters. The van der Waals surface area contributed by atoms with Gasteiger partial charge in [0.1, 0.15) is 11.9 Å². The Morgan fingerprint density at radius 2 is 1.92 bits per heavy atom. The molecule has 0 saturated carbocycles. The average molecular weight is 340 g/mol. The monoisotopic (exact) mass is 340 g/mol. The molecule has 0 spiro atoms. The number of fused-ring (bicyclic) bond motifs is 1. The van der Waals surface area contributed by atoms with Crippen LogP contribution in [0.3, 0.4) is 0 Å². The van der Waals surface area contributed by atoms with Crippen LogP contribution >= 0.6 is 0 Å². The van der Waals surface area contributed by atoms with Crippen molar-refractivity contribution in [2.45, 2.75) is 0 Å². The molecule has 0 fully saturated rings. The number of rotatable bonds is 3. The van der Waals surface area contributed by atoms with Gasteiger partial charge in [0.15, 0.2) is 5.65 Å². The van der Waals surface area contributed by atoms with E-state index in [1.807, 2.05) is 30.3 Å². The first-order chi connectivity index (χ1) is 12.7. The highest BCUT2D eigenvalue weighted by molar-refractivity contribution is 5.88. The van der Waals surface area contributed by atoms with Crippen LogP contribution in [0, 0.1) is 11.3 Å². The number of aromatic nitrogens is 4. The zero-order valence-corrected chi connectivity index (χ0v) is 13.5. The van der Waals surface area contributed by atoms with Gasteiger partial charge in [-0.05, 0) is 35.9 Å². The van der Waals surface area contributed by atoms with Crippen LogP contribution in [-0.4, -0.2) is 19.9 Å². The van der Waals surface area contributed by atoms with Gasteiger partial charge in [0, 0.05) is 29.8 Å². The highest BCUT2D eigenvalue weighted by Gasteiger charge is 2.06. The second kappa shape index (κ2) is 6.45. The van der Waals surface area contributed by atoms with E-state index in [9.17, 15) is 4.79 Å². The highest BCUT2D eigenvalue weighted by atomic mass is 16.1. The van der Waals surface area contributed by atoms with Gasteiger partial charge < -0.3 is 5.32 Å². The zero-order valence-electron chi connectivity index (χ0n) is 13.5. The molecule has 7 nitrogen and oxygen atoms in total. The van der Waals surface area contributed by atoms with Gasteiger partial charge in [0.25, 0.3) is 0 Å². The number of nitrogens with one attached hydrogen (secondary N) is 2. The number of pyridine rings is 2. The van der Waals surface area contributed by atoms with Gasteiger partial charge in [0.05, 0.1) is 10.9 Å². The molecule has 0 aliphatic heterocycles. The molecule has 26 heavy (non-hydrogen) atoms. The van der Waals surface area contributed by atoms with E-state index in [0.717, 1.165) is 22.2 Å². The van der Waals surface area contributed by atoms with E-state index in [1.54, 1.807) is 24.5 Å². The number of hydrogen-bond donors (Lipinski definition) is 2. The molecule has 3 aromatic heterocycles. The molecule has 4 rings (SSSR count). The van der Waals surface area contributed by atoms with E-state index in [1.165, 1.54) is 6.20 Å². The van der Waals surface area contributed by atoms with Crippen molar-refractivity contribution in [3.05, 3.63) is 77.1 Å². The van der Waals surface area contributed by atoms with Crippen LogP contribution in [0.2, 0.25) is 0 Å². The molecule has 1 aromatic carbocycles. The van der Waals surface area contributed by atoms with Gasteiger partial charge >= 0.3 is 5.69 Å². The lowest BCUT2D eigenvalue weighted by Gasteiger charge is -2.09. The summed E-state index contributed by atoms with van der Waals surface area (Å²) < 4.78 is 0. The van der Waals surface area contributed by atoms with Crippen LogP contribution in [0.1, 0.15) is 5.56 Å². The molecule has 0 saturated heterocycles. The molecule has 4 aromatic rings. The number of nitrogens with zero attached hydrogens (tertiary/aromatic N) is 4. The summed E-state index contributed by atoms with van der Waals surface area (Å²) in [5.41, 5.74) is 3.03. The molecular formula is C19H12N6O. The van der Waals surface area contributed by atoms with Gasteiger partial charge in [0.2, 0.25) is 0 Å². The molecule has 0 aliphatic carbocycles. The van der Waals surface area contributed by atoms with Crippen molar-refractivity contribution in [1.29, 1.82) is 5.26 Å². The molecule has 3 heterocycles. The van der Waals surface area contributed by atoms with Gasteiger partial charge in [-0.3, -0.25) is 9.97 Å². The third-order valence-electron chi connectivity index (χ3n) is 3.85. The van der Waals surface area contributed by atoms with E-state index in [2.05, 4.69) is 31.3 Å². The molecule has 0 bridgehead atoms. The van der Waals surface area contributed by atoms with E-state index < -0.39 is 5.69 Å². The Bertz CT molecular complexity index is 1190. The summed E-state index contributed by atoms with van der Waals surface area (Å²) in [6.07, 6.45) is 4.83. The molecule has 2 N–H and O–H groups in total. The normalized spacial score (nSPS) is 10.4. The first-order valence-electron chi connectivity index (χ1n) is 7.80. The number of benzene rings is 1. The lowest BCUT2D eigenvalue weighted by molar-refractivity contribution is 1.10. The maximum Gasteiger partial charge on any atom is 0.348 e. The summed E-state index contributed by atoms with van der Waals surface area (Å²) in [5, 5.41) is 12.9. The summed E-state index contributed by atoms with van der Waals surface area (Å²) in [5.74, 6) is 0.536. The van der Waals surface area contributed by atoms with Gasteiger partial charge in [-0.2, -0.15) is 10.2 Å². The lowest BCUT2D eigenvalue weighted by atomic mass is 10.1. The van der Waals surface area contributed by atoms with E-state index in [4.69, 9.17) is 5.26 Å². The van der Waals surface area contributed by atoms with Crippen LogP contribution in [0.5, 0.6) is 0 Å². The minimum absolute atomic E-state index is 0.384. The Balaban J connectivity index is 1.66. The molecular weight excluding hydrogens is 328 g/mol. The van der Waals surface area contributed by atoms with Crippen molar-refractivity contribution in [1.82, 2.24) is 19.9 Å². The molecule has 0 radical (unpaired) electrons. The second-order valence-corrected chi connectivity index (χ2v) is 5.57. The quantitative estimate of drug-likeness (QED) is 0.593. The summed E-state index contributed by atoms with van der Waals surface area (Å²) in [6.45, 7) is 0. The third kappa shape index (κ3) is 2.99. The first kappa shape index (κ1) is 15.5. The summed E-state index contributed by atoms with van der Waals surface area (Å²) >= 11 is 0. The van der Waals surface area contributed by atoms with Crippen molar-refractivity contribution in [2.24, 2.45) is 0 Å². The minimum Gasteiger partial charge on any atom is -0.341 e. The predicted octanol–water partition coefficient (Wildman–Crippen LogP) is 3.00. The highest BCUT2D eigenvalue weighted by Crippen LogP contribution is 2.24. The van der Waals surface area contributed by atoms with Crippen molar-refractivity contribution >= 4 is 22.5 Å². The number of hydrogen-bond acceptors (Lipinski definition) is 6. The molecule has 124 valence electrons. The molecule has 0 amide bonds. The maximum absolute atomic E-state index is 11.7. The SMILES string of the molecule is N#Cc1cncc(-c2ccc(Nc3[nH]c(=O)nc4ncccc34)cc2)c1. The summed E-state index contributed by atoms with van der Waals surface area (Å²) in [4.78, 5) is 26.4. The summed E-state index contributed by atoms with van der Waals surface area (Å²) in [7, 11) is 0. The molecule has 7 heteroatoms. The number of aromatic amines is 1. The van der Waals surface area contributed by atoms with Gasteiger partial charge in [-0.1, -0.05) is 12.1 Å². The Morgan fingerprint density at radius 3 is 2.73 bits per heavy atom. The van der Waals surface area contributed by atoms with E-state index >= 15 is 0 Å². The fourth-order valence-corrected chi connectivity index (χ4v) is 2.63. The zero-order chi connectivity index (χ0) is 17.9. The van der Waals surface area contributed by atoms with E-state index in [0.29, 0.717) is 17.0 Å². The summed E-state index contributed by atoms with van der Waals surface area (Å²) in [6, 6.07) is 15.1. The Labute approximate surface area is 148 Å². The average Bonchev–Trinajstić information content (AvgIpc) is 2.68. The van der Waals surface area contributed by atoms with Crippen LogP contribution in [-0.2, 0) is 0 Å². The fraction of sp³-hybridized carbons (Fsp3) is 0. The second-order valence-electron chi connectivity index (χ2n) is 5.57. The number of H-pyrrole nitrogens is 1. The lowest BCUT2D eigenvalue weighted by Crippen LogP contribution is -2.13. The van der Waals surface area contributed by atoms with Gasteiger partial charge in [-0.25, -0.2) is 9.78 Å². The van der Waals surface area contributed by atoms with Crippen LogP contribution in [0.15, 0.2) is 65.8 Å². The first-order valence-corrected chi connectivity index (χ1v) is 7.80. The largest absolute Gasteiger partial charge is 0.348 e. The van der Waals surface area contributed by atoms with Crippen molar-refractivity contribution in [3.63, 3.8) is 0 Å². The molecule has 0 aliphatic rings. The van der Waals surface area contributed by atoms with Crippen molar-refractivity contribution < 1.29 is 0 Å². The maximum atomic E-state index is 11.7. The third-order valence-corrected chi connectivity index (χ3v) is 3.85. The predicted molar refractivity (Wildman–Crippen MR) is 97.8 cm³/mol. The van der Waals surface area contributed by atoms with E-state index in [-0.39, 0.29) is 0 Å². The molecule has 0 atom stereocenters. The Hall–Kier alpha value is -4.05.